The Morgan fingerprint density at radius 1 is 1.35 bits per heavy atom. The van der Waals surface area contributed by atoms with Crippen LogP contribution < -0.4 is 10.1 Å². The Hall–Kier alpha value is -1.59. The summed E-state index contributed by atoms with van der Waals surface area (Å²) in [7, 11) is 3.11. The summed E-state index contributed by atoms with van der Waals surface area (Å²) in [5.74, 6) is 0.589. The van der Waals surface area contributed by atoms with Crippen molar-refractivity contribution in [3.05, 3.63) is 29.8 Å². The molecule has 0 saturated carbocycles. The number of hydrogen-bond acceptors (Lipinski definition) is 4. The van der Waals surface area contributed by atoms with E-state index in [1.54, 1.807) is 14.2 Å². The van der Waals surface area contributed by atoms with E-state index in [0.29, 0.717) is 13.0 Å². The Labute approximate surface area is 119 Å². The maximum Gasteiger partial charge on any atom is 0.228 e. The molecule has 0 saturated heterocycles. The van der Waals surface area contributed by atoms with Crippen LogP contribution in [0, 0.1) is 0 Å². The second kappa shape index (κ2) is 6.72. The highest BCUT2D eigenvalue weighted by molar-refractivity contribution is 5.85. The van der Waals surface area contributed by atoms with E-state index in [9.17, 15) is 4.79 Å². The van der Waals surface area contributed by atoms with Gasteiger partial charge in [0.15, 0.2) is 6.29 Å². The van der Waals surface area contributed by atoms with Crippen LogP contribution in [0.4, 0.5) is 0 Å². The standard InChI is InChI=1S/C15H21NO4/c1-10(15(18-2)19-3)16-14(17)12-8-9-20-13-7-5-4-6-11(12)13/h4-7,10,12,15H,8-9H2,1-3H3,(H,16,17). The van der Waals surface area contributed by atoms with Gasteiger partial charge in [0.05, 0.1) is 18.6 Å². The lowest BCUT2D eigenvalue weighted by Gasteiger charge is -2.28. The molecular weight excluding hydrogens is 258 g/mol. The number of carbonyl (C=O) groups excluding carboxylic acids is 1. The Morgan fingerprint density at radius 2 is 2.05 bits per heavy atom. The number of para-hydroxylation sites is 1. The molecule has 0 bridgehead atoms. The van der Waals surface area contributed by atoms with E-state index in [1.165, 1.54) is 0 Å². The van der Waals surface area contributed by atoms with E-state index >= 15 is 0 Å². The third-order valence-corrected chi connectivity index (χ3v) is 3.52. The Morgan fingerprint density at radius 3 is 2.75 bits per heavy atom. The Kier molecular flexibility index (Phi) is 4.98. The van der Waals surface area contributed by atoms with Crippen molar-refractivity contribution in [2.45, 2.75) is 31.6 Å². The summed E-state index contributed by atoms with van der Waals surface area (Å²) >= 11 is 0. The van der Waals surface area contributed by atoms with Gasteiger partial charge in [-0.15, -0.1) is 0 Å². The number of nitrogens with one attached hydrogen (secondary N) is 1. The molecule has 20 heavy (non-hydrogen) atoms. The first-order valence-electron chi connectivity index (χ1n) is 6.75. The fraction of sp³-hybridized carbons (Fsp3) is 0.533. The SMILES string of the molecule is COC(OC)C(C)NC(=O)C1CCOc2ccccc21. The van der Waals surface area contributed by atoms with Gasteiger partial charge in [0.2, 0.25) is 5.91 Å². The maximum absolute atomic E-state index is 12.4. The van der Waals surface area contributed by atoms with Gasteiger partial charge in [0.25, 0.3) is 0 Å². The lowest BCUT2D eigenvalue weighted by atomic mass is 9.92. The highest BCUT2D eigenvalue weighted by atomic mass is 16.7. The lowest BCUT2D eigenvalue weighted by molar-refractivity contribution is -0.137. The first kappa shape index (κ1) is 14.8. The minimum absolute atomic E-state index is 0.0210. The van der Waals surface area contributed by atoms with Gasteiger partial charge in [-0.25, -0.2) is 0 Å². The predicted octanol–water partition coefficient (Wildman–Crippen LogP) is 1.68. The van der Waals surface area contributed by atoms with Crippen LogP contribution in [0.15, 0.2) is 24.3 Å². The zero-order valence-electron chi connectivity index (χ0n) is 12.1. The first-order chi connectivity index (χ1) is 9.67. The summed E-state index contributed by atoms with van der Waals surface area (Å²) in [4.78, 5) is 12.4. The molecule has 0 aromatic heterocycles. The van der Waals surface area contributed by atoms with Gasteiger partial charge in [-0.2, -0.15) is 0 Å². The zero-order valence-corrected chi connectivity index (χ0v) is 12.1. The van der Waals surface area contributed by atoms with Crippen LogP contribution in [0.3, 0.4) is 0 Å². The third kappa shape index (κ3) is 3.11. The van der Waals surface area contributed by atoms with Crippen LogP contribution in [0.5, 0.6) is 5.75 Å². The number of fused-ring (bicyclic) bond motifs is 1. The topological polar surface area (TPSA) is 56.8 Å². The smallest absolute Gasteiger partial charge is 0.228 e. The summed E-state index contributed by atoms with van der Waals surface area (Å²) in [6.07, 6.45) is 0.231. The molecule has 0 fully saturated rings. The number of benzene rings is 1. The number of amides is 1. The summed E-state index contributed by atoms with van der Waals surface area (Å²) in [5.41, 5.74) is 0.940. The average Bonchev–Trinajstić information content (AvgIpc) is 2.47. The normalized spacial score (nSPS) is 19.1. The molecule has 1 heterocycles. The molecule has 1 aromatic carbocycles. The van der Waals surface area contributed by atoms with Crippen LogP contribution in [-0.4, -0.2) is 39.1 Å². The lowest BCUT2D eigenvalue weighted by Crippen LogP contribution is -2.45. The molecule has 1 N–H and O–H groups in total. The molecule has 5 nitrogen and oxygen atoms in total. The second-order valence-electron chi connectivity index (χ2n) is 4.86. The van der Waals surface area contributed by atoms with Crippen LogP contribution in [-0.2, 0) is 14.3 Å². The van der Waals surface area contributed by atoms with E-state index in [4.69, 9.17) is 14.2 Å². The fourth-order valence-electron chi connectivity index (χ4n) is 2.51. The van der Waals surface area contributed by atoms with Crippen molar-refractivity contribution in [3.63, 3.8) is 0 Å². The molecular formula is C15H21NO4. The molecule has 5 heteroatoms. The molecule has 2 atom stereocenters. The summed E-state index contributed by atoms with van der Waals surface area (Å²) in [6, 6.07) is 7.45. The van der Waals surface area contributed by atoms with Crippen LogP contribution >= 0.6 is 0 Å². The molecule has 0 spiro atoms. The van der Waals surface area contributed by atoms with E-state index in [2.05, 4.69) is 5.32 Å². The minimum Gasteiger partial charge on any atom is -0.493 e. The fourth-order valence-corrected chi connectivity index (χ4v) is 2.51. The first-order valence-corrected chi connectivity index (χ1v) is 6.75. The van der Waals surface area contributed by atoms with Crippen LogP contribution in [0.2, 0.25) is 0 Å². The van der Waals surface area contributed by atoms with Gasteiger partial charge in [0.1, 0.15) is 5.75 Å². The molecule has 1 aromatic rings. The van der Waals surface area contributed by atoms with Gasteiger partial charge in [-0.05, 0) is 19.4 Å². The van der Waals surface area contributed by atoms with E-state index in [-0.39, 0.29) is 17.9 Å². The van der Waals surface area contributed by atoms with Crippen molar-refractivity contribution in [3.8, 4) is 5.75 Å². The number of hydrogen-bond donors (Lipinski definition) is 1. The number of carbonyl (C=O) groups is 1. The van der Waals surface area contributed by atoms with Crippen molar-refractivity contribution >= 4 is 5.91 Å². The Balaban J connectivity index is 2.07. The highest BCUT2D eigenvalue weighted by Crippen LogP contribution is 2.33. The molecule has 1 aliphatic heterocycles. The van der Waals surface area contributed by atoms with Crippen molar-refractivity contribution in [2.24, 2.45) is 0 Å². The van der Waals surface area contributed by atoms with Crippen LogP contribution in [0.1, 0.15) is 24.8 Å². The third-order valence-electron chi connectivity index (χ3n) is 3.52. The van der Waals surface area contributed by atoms with Gasteiger partial charge in [0, 0.05) is 19.8 Å². The summed E-state index contributed by atoms with van der Waals surface area (Å²) in [6.45, 7) is 2.42. The monoisotopic (exact) mass is 279 g/mol. The minimum atomic E-state index is -0.450. The molecule has 110 valence electrons. The Bertz CT molecular complexity index is 459. The average molecular weight is 279 g/mol. The summed E-state index contributed by atoms with van der Waals surface area (Å²) in [5, 5.41) is 2.95. The van der Waals surface area contributed by atoms with Crippen LogP contribution in [0.25, 0.3) is 0 Å². The molecule has 0 aliphatic carbocycles. The van der Waals surface area contributed by atoms with Crippen molar-refractivity contribution < 1.29 is 19.0 Å². The molecule has 2 unspecified atom stereocenters. The zero-order chi connectivity index (χ0) is 14.5. The quantitative estimate of drug-likeness (QED) is 0.833. The maximum atomic E-state index is 12.4. The van der Waals surface area contributed by atoms with E-state index in [1.807, 2.05) is 31.2 Å². The second-order valence-corrected chi connectivity index (χ2v) is 4.86. The van der Waals surface area contributed by atoms with Gasteiger partial charge < -0.3 is 19.5 Å². The van der Waals surface area contributed by atoms with Crippen molar-refractivity contribution in [1.29, 1.82) is 0 Å². The van der Waals surface area contributed by atoms with E-state index in [0.717, 1.165) is 11.3 Å². The van der Waals surface area contributed by atoms with Gasteiger partial charge in [-0.3, -0.25) is 4.79 Å². The van der Waals surface area contributed by atoms with E-state index < -0.39 is 6.29 Å². The number of rotatable bonds is 5. The molecule has 2 rings (SSSR count). The molecule has 1 amide bonds. The predicted molar refractivity (Wildman–Crippen MR) is 74.7 cm³/mol. The largest absolute Gasteiger partial charge is 0.493 e. The van der Waals surface area contributed by atoms with Gasteiger partial charge in [-0.1, -0.05) is 18.2 Å². The molecule has 0 radical (unpaired) electrons. The summed E-state index contributed by atoms with van der Waals surface area (Å²) < 4.78 is 15.9. The van der Waals surface area contributed by atoms with Crippen molar-refractivity contribution in [2.75, 3.05) is 20.8 Å². The molecule has 1 aliphatic rings. The van der Waals surface area contributed by atoms with Crippen molar-refractivity contribution in [1.82, 2.24) is 5.32 Å². The van der Waals surface area contributed by atoms with Gasteiger partial charge >= 0.3 is 0 Å². The highest BCUT2D eigenvalue weighted by Gasteiger charge is 2.29. The number of methoxy groups -OCH3 is 2. The number of ether oxygens (including phenoxy) is 3.